The van der Waals surface area contributed by atoms with Gasteiger partial charge in [-0.2, -0.15) is 0 Å². The Kier molecular flexibility index (Phi) is 9.06. The molecule has 0 saturated heterocycles. The van der Waals surface area contributed by atoms with Crippen molar-refractivity contribution in [2.24, 2.45) is 0 Å². The topological polar surface area (TPSA) is 64.5 Å². The van der Waals surface area contributed by atoms with Crippen LogP contribution >= 0.6 is 0 Å². The summed E-state index contributed by atoms with van der Waals surface area (Å²) in [5.74, 6) is 0. The molecule has 0 unspecified atom stereocenters. The van der Waals surface area contributed by atoms with Gasteiger partial charge in [0, 0.05) is 12.2 Å². The number of hydrogen-bond acceptors (Lipinski definition) is 4. The first kappa shape index (κ1) is 18.0. The van der Waals surface area contributed by atoms with Crippen LogP contribution in [0.3, 0.4) is 0 Å². The molecule has 0 heterocycles. The minimum absolute atomic E-state index is 0.0681. The summed E-state index contributed by atoms with van der Waals surface area (Å²) in [6.07, 6.45) is 3.78. The third-order valence-corrected chi connectivity index (χ3v) is 3.63. The molecule has 0 aromatic heterocycles. The summed E-state index contributed by atoms with van der Waals surface area (Å²) in [5.41, 5.74) is 1.90. The molecule has 1 aromatic rings. The molecular weight excluding hydrogens is 264 g/mol. The van der Waals surface area contributed by atoms with E-state index in [0.29, 0.717) is 0 Å². The Morgan fingerprint density at radius 2 is 1.62 bits per heavy atom. The molecule has 1 aromatic carbocycles. The number of unbranched alkanes of at least 4 members (excludes halogenated alkanes) is 2. The van der Waals surface area contributed by atoms with Gasteiger partial charge in [0.15, 0.2) is 0 Å². The molecule has 0 bridgehead atoms. The molecule has 0 spiro atoms. The maximum Gasteiger partial charge on any atom is 0.0965 e. The Bertz CT molecular complexity index is 368. The summed E-state index contributed by atoms with van der Waals surface area (Å²) in [4.78, 5) is 0. The molecule has 0 radical (unpaired) electrons. The van der Waals surface area contributed by atoms with E-state index in [-0.39, 0.29) is 12.6 Å². The third kappa shape index (κ3) is 6.46. The van der Waals surface area contributed by atoms with Crippen LogP contribution in [0.25, 0.3) is 0 Å². The van der Waals surface area contributed by atoms with Gasteiger partial charge in [0.05, 0.1) is 18.8 Å². The van der Waals surface area contributed by atoms with Gasteiger partial charge in [-0.25, -0.2) is 0 Å². The van der Waals surface area contributed by atoms with Gasteiger partial charge in [-0.05, 0) is 37.1 Å². The Balaban J connectivity index is 2.53. The third-order valence-electron chi connectivity index (χ3n) is 3.63. The van der Waals surface area contributed by atoms with Gasteiger partial charge in [0.1, 0.15) is 0 Å². The zero-order valence-electron chi connectivity index (χ0n) is 13.3. The predicted octanol–water partition coefficient (Wildman–Crippen LogP) is 2.68. The van der Waals surface area contributed by atoms with E-state index >= 15 is 0 Å². The number of rotatable bonds is 11. The molecule has 2 atom stereocenters. The first-order valence-corrected chi connectivity index (χ1v) is 8.09. The standard InChI is InChI=1S/C17H30N2O2/c1-3-5-11-18-15-9-7-14(8-10-15)17(21)16(13-20)19-12-6-4-2/h7-10,16-21H,3-6,11-13H2,1-2H3/t16-,17-/m0/s1. The van der Waals surface area contributed by atoms with E-state index in [4.69, 9.17) is 0 Å². The van der Waals surface area contributed by atoms with E-state index in [9.17, 15) is 10.2 Å². The highest BCUT2D eigenvalue weighted by Gasteiger charge is 2.19. The summed E-state index contributed by atoms with van der Waals surface area (Å²) in [6.45, 7) is 6.01. The van der Waals surface area contributed by atoms with Crippen LogP contribution in [0.2, 0.25) is 0 Å². The molecule has 0 amide bonds. The average molecular weight is 294 g/mol. The molecule has 4 N–H and O–H groups in total. The molecule has 0 aliphatic heterocycles. The largest absolute Gasteiger partial charge is 0.395 e. The van der Waals surface area contributed by atoms with Crippen LogP contribution in [0.4, 0.5) is 5.69 Å². The molecular formula is C17H30N2O2. The fourth-order valence-electron chi connectivity index (χ4n) is 2.18. The number of nitrogens with one attached hydrogen (secondary N) is 2. The zero-order chi connectivity index (χ0) is 15.5. The lowest BCUT2D eigenvalue weighted by Crippen LogP contribution is -2.38. The average Bonchev–Trinajstić information content (AvgIpc) is 2.52. The number of anilines is 1. The van der Waals surface area contributed by atoms with E-state index < -0.39 is 6.10 Å². The summed E-state index contributed by atoms with van der Waals surface area (Å²) >= 11 is 0. The van der Waals surface area contributed by atoms with E-state index in [1.165, 1.54) is 6.42 Å². The van der Waals surface area contributed by atoms with E-state index in [0.717, 1.165) is 43.6 Å². The fraction of sp³-hybridized carbons (Fsp3) is 0.647. The zero-order valence-corrected chi connectivity index (χ0v) is 13.3. The van der Waals surface area contributed by atoms with Crippen LogP contribution in [-0.4, -0.2) is 36.0 Å². The highest BCUT2D eigenvalue weighted by Crippen LogP contribution is 2.19. The van der Waals surface area contributed by atoms with Crippen molar-refractivity contribution in [2.75, 3.05) is 25.0 Å². The van der Waals surface area contributed by atoms with Crippen LogP contribution < -0.4 is 10.6 Å². The fourth-order valence-corrected chi connectivity index (χ4v) is 2.18. The highest BCUT2D eigenvalue weighted by molar-refractivity contribution is 5.45. The monoisotopic (exact) mass is 294 g/mol. The Hall–Kier alpha value is -1.10. The van der Waals surface area contributed by atoms with Gasteiger partial charge in [-0.3, -0.25) is 0 Å². The Morgan fingerprint density at radius 3 is 2.19 bits per heavy atom. The summed E-state index contributed by atoms with van der Waals surface area (Å²) in [7, 11) is 0. The van der Waals surface area contributed by atoms with Gasteiger partial charge >= 0.3 is 0 Å². The number of aliphatic hydroxyl groups is 2. The first-order chi connectivity index (χ1) is 10.2. The van der Waals surface area contributed by atoms with Crippen molar-refractivity contribution in [3.05, 3.63) is 29.8 Å². The normalized spacial score (nSPS) is 13.9. The van der Waals surface area contributed by atoms with Crippen molar-refractivity contribution < 1.29 is 10.2 Å². The summed E-state index contributed by atoms with van der Waals surface area (Å²) < 4.78 is 0. The molecule has 0 saturated carbocycles. The van der Waals surface area contributed by atoms with Crippen molar-refractivity contribution in [3.63, 3.8) is 0 Å². The van der Waals surface area contributed by atoms with Gasteiger partial charge < -0.3 is 20.8 Å². The van der Waals surface area contributed by atoms with E-state index in [2.05, 4.69) is 24.5 Å². The number of aliphatic hydroxyl groups excluding tert-OH is 2. The predicted molar refractivity (Wildman–Crippen MR) is 88.6 cm³/mol. The van der Waals surface area contributed by atoms with Crippen molar-refractivity contribution in [3.8, 4) is 0 Å². The van der Waals surface area contributed by atoms with Crippen LogP contribution in [0, 0.1) is 0 Å². The number of benzene rings is 1. The number of hydrogen-bond donors (Lipinski definition) is 4. The lowest BCUT2D eigenvalue weighted by atomic mass is 10.0. The lowest BCUT2D eigenvalue weighted by Gasteiger charge is -2.23. The second kappa shape index (κ2) is 10.6. The molecule has 21 heavy (non-hydrogen) atoms. The van der Waals surface area contributed by atoms with Crippen molar-refractivity contribution in [1.29, 1.82) is 0 Å². The van der Waals surface area contributed by atoms with Crippen molar-refractivity contribution >= 4 is 5.69 Å². The lowest BCUT2D eigenvalue weighted by molar-refractivity contribution is 0.0900. The first-order valence-electron chi connectivity index (χ1n) is 8.09. The van der Waals surface area contributed by atoms with E-state index in [1.807, 2.05) is 24.3 Å². The summed E-state index contributed by atoms with van der Waals surface area (Å²) in [6, 6.07) is 7.49. The Labute approximate surface area is 128 Å². The van der Waals surface area contributed by atoms with E-state index in [1.54, 1.807) is 0 Å². The van der Waals surface area contributed by atoms with Gasteiger partial charge in [0.2, 0.25) is 0 Å². The molecule has 1 rings (SSSR count). The quantitative estimate of drug-likeness (QED) is 0.474. The van der Waals surface area contributed by atoms with Crippen molar-refractivity contribution in [2.45, 2.75) is 51.7 Å². The molecule has 120 valence electrons. The second-order valence-corrected chi connectivity index (χ2v) is 5.44. The summed E-state index contributed by atoms with van der Waals surface area (Å²) in [5, 5.41) is 26.3. The maximum absolute atomic E-state index is 10.3. The van der Waals surface area contributed by atoms with Crippen molar-refractivity contribution in [1.82, 2.24) is 5.32 Å². The van der Waals surface area contributed by atoms with Crippen LogP contribution in [0.5, 0.6) is 0 Å². The molecule has 0 aliphatic rings. The second-order valence-electron chi connectivity index (χ2n) is 5.44. The van der Waals surface area contributed by atoms with Crippen LogP contribution in [0.1, 0.15) is 51.2 Å². The van der Waals surface area contributed by atoms with Gasteiger partial charge in [-0.15, -0.1) is 0 Å². The molecule has 4 heteroatoms. The molecule has 4 nitrogen and oxygen atoms in total. The minimum atomic E-state index is -0.684. The SMILES string of the molecule is CCCCNc1ccc([C@H](O)[C@H](CO)NCCCC)cc1. The smallest absolute Gasteiger partial charge is 0.0965 e. The van der Waals surface area contributed by atoms with Gasteiger partial charge in [-0.1, -0.05) is 38.8 Å². The van der Waals surface area contributed by atoms with Gasteiger partial charge in [0.25, 0.3) is 0 Å². The van der Waals surface area contributed by atoms with Crippen LogP contribution in [-0.2, 0) is 0 Å². The Morgan fingerprint density at radius 1 is 1.00 bits per heavy atom. The molecule has 0 aliphatic carbocycles. The van der Waals surface area contributed by atoms with Crippen LogP contribution in [0.15, 0.2) is 24.3 Å². The molecule has 0 fully saturated rings. The minimum Gasteiger partial charge on any atom is -0.395 e. The highest BCUT2D eigenvalue weighted by atomic mass is 16.3. The maximum atomic E-state index is 10.3.